The van der Waals surface area contributed by atoms with Crippen molar-refractivity contribution in [3.63, 3.8) is 0 Å². The third kappa shape index (κ3) is 4.69. The number of fused-ring (bicyclic) bond motifs is 1. The summed E-state index contributed by atoms with van der Waals surface area (Å²) in [6.45, 7) is 7.39. The van der Waals surface area contributed by atoms with E-state index in [9.17, 15) is 18.4 Å². The number of para-hydroxylation sites is 1. The van der Waals surface area contributed by atoms with Crippen LogP contribution in [-0.2, 0) is 16.8 Å². The smallest absolute Gasteiger partial charge is 0.419 e. The van der Waals surface area contributed by atoms with Gasteiger partial charge in [0, 0.05) is 30.5 Å². The lowest BCUT2D eigenvalue weighted by molar-refractivity contribution is -0.382. The number of benzene rings is 2. The molecule has 2 aliphatic heterocycles. The minimum absolute atomic E-state index is 0.176. The van der Waals surface area contributed by atoms with E-state index in [0.717, 1.165) is 5.56 Å². The Labute approximate surface area is 229 Å². The van der Waals surface area contributed by atoms with Gasteiger partial charge in [0.2, 0.25) is 0 Å². The van der Waals surface area contributed by atoms with Crippen molar-refractivity contribution < 1.29 is 22.6 Å². The first kappa shape index (κ1) is 27.3. The van der Waals surface area contributed by atoms with E-state index >= 15 is 0 Å². The van der Waals surface area contributed by atoms with Crippen molar-refractivity contribution in [1.29, 1.82) is 5.26 Å². The van der Waals surface area contributed by atoms with Crippen molar-refractivity contribution in [1.82, 2.24) is 15.1 Å². The lowest BCUT2D eigenvalue weighted by Gasteiger charge is -2.55. The molecule has 0 aliphatic carbocycles. The maximum Gasteiger partial charge on any atom is 0.419 e. The molecule has 2 atom stereocenters. The lowest BCUT2D eigenvalue weighted by Crippen LogP contribution is -2.68. The number of nitriles is 1. The van der Waals surface area contributed by atoms with Crippen LogP contribution in [0.2, 0.25) is 0 Å². The monoisotopic (exact) mass is 550 g/mol. The van der Waals surface area contributed by atoms with Gasteiger partial charge in [-0.1, -0.05) is 37.8 Å². The average molecular weight is 551 g/mol. The van der Waals surface area contributed by atoms with Crippen molar-refractivity contribution in [2.45, 2.75) is 50.5 Å². The van der Waals surface area contributed by atoms with Crippen molar-refractivity contribution in [3.8, 4) is 17.5 Å². The topological polar surface area (TPSA) is 110 Å². The molecule has 1 aromatic heterocycles. The van der Waals surface area contributed by atoms with Gasteiger partial charge in [-0.25, -0.2) is 9.67 Å². The summed E-state index contributed by atoms with van der Waals surface area (Å²) in [5.41, 5.74) is 5.52. The molecular weight excluding hydrogens is 521 g/mol. The number of hydrogen-bond acceptors (Lipinski definition) is 6. The molecular formula is C29H29F3N6O2. The van der Waals surface area contributed by atoms with Crippen molar-refractivity contribution >= 4 is 17.4 Å². The lowest BCUT2D eigenvalue weighted by atomic mass is 9.74. The Bertz CT molecular complexity index is 1530. The van der Waals surface area contributed by atoms with Gasteiger partial charge in [0.15, 0.2) is 11.4 Å². The standard InChI is InChI=1S/C29H29F3N6O2/c1-4-24(34)37-26-22(15-36-38(26)21-9-5-7-19(13-21)14-33)18(2)35-17-28(29(30,31)32)16-27(3,40-28)23-10-6-8-20-11-12-39-25(20)23/h5-10,13,15,35H,2,4,11-12,16-17H2,1,3H3,(H2,34,37). The highest BCUT2D eigenvalue weighted by molar-refractivity contribution is 5.85. The van der Waals surface area contributed by atoms with Crippen molar-refractivity contribution in [2.75, 3.05) is 13.2 Å². The van der Waals surface area contributed by atoms with Gasteiger partial charge < -0.3 is 20.5 Å². The van der Waals surface area contributed by atoms with Crippen LogP contribution in [0.25, 0.3) is 11.4 Å². The zero-order valence-electron chi connectivity index (χ0n) is 22.2. The Morgan fingerprint density at radius 2 is 2.05 bits per heavy atom. The first-order chi connectivity index (χ1) is 19.0. The highest BCUT2D eigenvalue weighted by Crippen LogP contribution is 2.57. The van der Waals surface area contributed by atoms with Crippen molar-refractivity contribution in [3.05, 3.63) is 77.5 Å². The van der Waals surface area contributed by atoms with Gasteiger partial charge in [-0.05, 0) is 30.7 Å². The molecule has 0 amide bonds. The summed E-state index contributed by atoms with van der Waals surface area (Å²) in [7, 11) is 0. The second kappa shape index (κ2) is 10.0. The van der Waals surface area contributed by atoms with Crippen LogP contribution in [0.4, 0.5) is 19.0 Å². The molecule has 2 aliphatic rings. The molecule has 40 heavy (non-hydrogen) atoms. The van der Waals surface area contributed by atoms with Crippen LogP contribution >= 0.6 is 0 Å². The molecule has 0 bridgehead atoms. The second-order valence-electron chi connectivity index (χ2n) is 10.1. The maximum absolute atomic E-state index is 14.4. The number of alkyl halides is 3. The maximum atomic E-state index is 14.4. The van der Waals surface area contributed by atoms with Gasteiger partial charge in [-0.3, -0.25) is 0 Å². The van der Waals surface area contributed by atoms with E-state index in [1.54, 1.807) is 37.3 Å². The molecule has 0 saturated carbocycles. The summed E-state index contributed by atoms with van der Waals surface area (Å²) in [4.78, 5) is 4.46. The summed E-state index contributed by atoms with van der Waals surface area (Å²) in [6.07, 6.45) is -2.33. The molecule has 3 N–H and O–H groups in total. The number of amidine groups is 1. The highest BCUT2D eigenvalue weighted by atomic mass is 19.4. The predicted molar refractivity (Wildman–Crippen MR) is 144 cm³/mol. The number of ether oxygens (including phenoxy) is 2. The molecule has 11 heteroatoms. The van der Waals surface area contributed by atoms with E-state index in [2.05, 4.69) is 28.1 Å². The van der Waals surface area contributed by atoms with Crippen LogP contribution in [0, 0.1) is 11.3 Å². The summed E-state index contributed by atoms with van der Waals surface area (Å²) in [5.74, 6) is 1.20. The Morgan fingerprint density at radius 1 is 1.30 bits per heavy atom. The number of rotatable bonds is 8. The number of aliphatic imine (C=N–C) groups is 1. The van der Waals surface area contributed by atoms with Crippen molar-refractivity contribution in [2.24, 2.45) is 10.7 Å². The van der Waals surface area contributed by atoms with E-state index < -0.39 is 23.9 Å². The number of hydrogen-bond donors (Lipinski definition) is 2. The fourth-order valence-electron chi connectivity index (χ4n) is 5.22. The highest BCUT2D eigenvalue weighted by Gasteiger charge is 2.68. The van der Waals surface area contributed by atoms with Crippen LogP contribution in [-0.4, -0.2) is 40.5 Å². The van der Waals surface area contributed by atoms with Gasteiger partial charge in [0.25, 0.3) is 0 Å². The van der Waals surface area contributed by atoms with E-state index in [0.29, 0.717) is 53.4 Å². The fraction of sp³-hybridized carbons (Fsp3) is 0.345. The molecule has 2 unspecified atom stereocenters. The zero-order valence-corrected chi connectivity index (χ0v) is 22.2. The van der Waals surface area contributed by atoms with Crippen LogP contribution in [0.1, 0.15) is 48.9 Å². The zero-order chi connectivity index (χ0) is 28.7. The number of nitrogens with zero attached hydrogens (tertiary/aromatic N) is 4. The third-order valence-electron chi connectivity index (χ3n) is 7.33. The van der Waals surface area contributed by atoms with E-state index in [1.165, 1.54) is 10.9 Å². The fourth-order valence-corrected chi connectivity index (χ4v) is 5.22. The van der Waals surface area contributed by atoms with Gasteiger partial charge >= 0.3 is 6.18 Å². The molecule has 3 aromatic rings. The molecule has 0 radical (unpaired) electrons. The number of nitrogens with one attached hydrogen (secondary N) is 1. The summed E-state index contributed by atoms with van der Waals surface area (Å²) < 4.78 is 56.3. The summed E-state index contributed by atoms with van der Waals surface area (Å²) >= 11 is 0. The van der Waals surface area contributed by atoms with Crippen LogP contribution in [0.3, 0.4) is 0 Å². The Morgan fingerprint density at radius 3 is 2.75 bits per heavy atom. The summed E-state index contributed by atoms with van der Waals surface area (Å²) in [6, 6.07) is 14.3. The molecule has 8 nitrogen and oxygen atoms in total. The average Bonchev–Trinajstić information content (AvgIpc) is 3.56. The van der Waals surface area contributed by atoms with Gasteiger partial charge in [0.1, 0.15) is 11.6 Å². The van der Waals surface area contributed by atoms with Crippen LogP contribution in [0.5, 0.6) is 5.75 Å². The van der Waals surface area contributed by atoms with E-state index in [4.69, 9.17) is 15.2 Å². The van der Waals surface area contributed by atoms with Crippen LogP contribution in [0.15, 0.2) is 60.2 Å². The van der Waals surface area contributed by atoms with Gasteiger partial charge in [-0.2, -0.15) is 23.5 Å². The first-order valence-corrected chi connectivity index (χ1v) is 12.9. The normalized spacial score (nSPS) is 22.1. The molecule has 208 valence electrons. The number of aromatic nitrogens is 2. The molecule has 1 saturated heterocycles. The first-order valence-electron chi connectivity index (χ1n) is 12.9. The largest absolute Gasteiger partial charge is 0.493 e. The summed E-state index contributed by atoms with van der Waals surface area (Å²) in [5, 5.41) is 16.5. The number of halogens is 3. The predicted octanol–water partition coefficient (Wildman–Crippen LogP) is 5.27. The Hall–Kier alpha value is -4.30. The van der Waals surface area contributed by atoms with Crippen LogP contribution < -0.4 is 15.8 Å². The SMILES string of the molecule is C=C(NCC1(C(F)(F)F)CC(C)(c2cccc3c2OCC3)O1)c1cnn(-c2cccc(C#N)c2)c1/N=C(\N)CC. The minimum atomic E-state index is -4.64. The third-order valence-corrected chi connectivity index (χ3v) is 7.33. The van der Waals surface area contributed by atoms with Gasteiger partial charge in [-0.15, -0.1) is 0 Å². The Kier molecular flexibility index (Phi) is 6.84. The minimum Gasteiger partial charge on any atom is -0.493 e. The Balaban J connectivity index is 1.41. The van der Waals surface area contributed by atoms with E-state index in [-0.39, 0.29) is 17.9 Å². The molecule has 0 spiro atoms. The molecule has 2 aromatic carbocycles. The van der Waals surface area contributed by atoms with E-state index in [1.807, 2.05) is 19.1 Å². The molecule has 5 rings (SSSR count). The quantitative estimate of drug-likeness (QED) is 0.292. The molecule has 3 heterocycles. The second-order valence-corrected chi connectivity index (χ2v) is 10.1. The van der Waals surface area contributed by atoms with Gasteiger partial charge in [0.05, 0.1) is 47.8 Å². The number of nitrogens with two attached hydrogens (primary N) is 1. The molecule has 1 fully saturated rings.